The summed E-state index contributed by atoms with van der Waals surface area (Å²) in [6, 6.07) is 5.79. The Balaban J connectivity index is 2.64. The van der Waals surface area contributed by atoms with Crippen LogP contribution in [-0.2, 0) is 11.3 Å². The van der Waals surface area contributed by atoms with Crippen LogP contribution in [0.4, 0.5) is 5.69 Å². The molecule has 5 nitrogen and oxygen atoms in total. The van der Waals surface area contributed by atoms with Crippen molar-refractivity contribution < 1.29 is 14.2 Å². The Labute approximate surface area is 125 Å². The fourth-order valence-corrected chi connectivity index (χ4v) is 2.26. The molecule has 1 aromatic heterocycles. The van der Waals surface area contributed by atoms with Crippen LogP contribution in [0.3, 0.4) is 0 Å². The minimum Gasteiger partial charge on any atom is -0.497 e. The van der Waals surface area contributed by atoms with Crippen molar-refractivity contribution in [1.29, 1.82) is 0 Å². The van der Waals surface area contributed by atoms with Gasteiger partial charge >= 0.3 is 0 Å². The second-order valence-electron chi connectivity index (χ2n) is 4.74. The van der Waals surface area contributed by atoms with Gasteiger partial charge in [-0.3, -0.25) is 0 Å². The maximum absolute atomic E-state index is 5.50. The highest BCUT2D eigenvalue weighted by molar-refractivity contribution is 5.97. The third kappa shape index (κ3) is 3.36. The Morgan fingerprint density at radius 1 is 1.10 bits per heavy atom. The van der Waals surface area contributed by atoms with Crippen LogP contribution in [0.1, 0.15) is 19.0 Å². The molecule has 21 heavy (non-hydrogen) atoms. The largest absolute Gasteiger partial charge is 0.497 e. The summed E-state index contributed by atoms with van der Waals surface area (Å²) in [7, 11) is 4.95. The summed E-state index contributed by atoms with van der Waals surface area (Å²) in [6.45, 7) is 3.49. The van der Waals surface area contributed by atoms with Crippen LogP contribution in [0, 0.1) is 0 Å². The van der Waals surface area contributed by atoms with Gasteiger partial charge in [0, 0.05) is 31.5 Å². The molecule has 0 spiro atoms. The SMILES string of the molecule is CCCNc1cc(COC)nc2cc(OC)cc(OC)c12. The molecule has 0 amide bonds. The van der Waals surface area contributed by atoms with Crippen molar-refractivity contribution in [3.05, 3.63) is 23.9 Å². The zero-order valence-electron chi connectivity index (χ0n) is 13.0. The smallest absolute Gasteiger partial charge is 0.134 e. The highest BCUT2D eigenvalue weighted by Crippen LogP contribution is 2.35. The van der Waals surface area contributed by atoms with Crippen LogP contribution in [-0.4, -0.2) is 32.9 Å². The molecule has 2 aromatic rings. The molecule has 1 heterocycles. The Kier molecular flexibility index (Phi) is 5.22. The van der Waals surface area contributed by atoms with Crippen molar-refractivity contribution >= 4 is 16.6 Å². The number of nitrogens with one attached hydrogen (secondary N) is 1. The van der Waals surface area contributed by atoms with Crippen LogP contribution in [0.2, 0.25) is 0 Å². The van der Waals surface area contributed by atoms with Gasteiger partial charge in [0.05, 0.1) is 37.4 Å². The van der Waals surface area contributed by atoms with Crippen LogP contribution in [0.15, 0.2) is 18.2 Å². The highest BCUT2D eigenvalue weighted by atomic mass is 16.5. The lowest BCUT2D eigenvalue weighted by molar-refractivity contribution is 0.182. The second-order valence-corrected chi connectivity index (χ2v) is 4.74. The van der Waals surface area contributed by atoms with Gasteiger partial charge in [-0.25, -0.2) is 4.98 Å². The number of hydrogen-bond donors (Lipinski definition) is 1. The van der Waals surface area contributed by atoms with E-state index in [1.54, 1.807) is 21.3 Å². The molecule has 1 aromatic carbocycles. The molecule has 0 saturated heterocycles. The van der Waals surface area contributed by atoms with Crippen molar-refractivity contribution in [2.45, 2.75) is 20.0 Å². The number of anilines is 1. The molecule has 0 radical (unpaired) electrons. The molecule has 0 saturated carbocycles. The van der Waals surface area contributed by atoms with E-state index in [-0.39, 0.29) is 0 Å². The van der Waals surface area contributed by atoms with Crippen LogP contribution >= 0.6 is 0 Å². The van der Waals surface area contributed by atoms with Gasteiger partial charge in [0.2, 0.25) is 0 Å². The molecular formula is C16H22N2O3. The molecule has 0 aliphatic rings. The van der Waals surface area contributed by atoms with Crippen molar-refractivity contribution in [2.75, 3.05) is 33.2 Å². The first kappa shape index (κ1) is 15.4. The topological polar surface area (TPSA) is 52.6 Å². The van der Waals surface area contributed by atoms with Crippen LogP contribution in [0.5, 0.6) is 11.5 Å². The molecule has 5 heteroatoms. The first-order chi connectivity index (χ1) is 10.2. The molecule has 0 fully saturated rings. The van der Waals surface area contributed by atoms with E-state index < -0.39 is 0 Å². The minimum atomic E-state index is 0.469. The Morgan fingerprint density at radius 3 is 2.52 bits per heavy atom. The molecule has 0 aliphatic heterocycles. The summed E-state index contributed by atoms with van der Waals surface area (Å²) >= 11 is 0. The van der Waals surface area contributed by atoms with Gasteiger partial charge in [0.25, 0.3) is 0 Å². The summed E-state index contributed by atoms with van der Waals surface area (Å²) in [6.07, 6.45) is 1.04. The maximum Gasteiger partial charge on any atom is 0.134 e. The predicted molar refractivity (Wildman–Crippen MR) is 84.3 cm³/mol. The summed E-state index contributed by atoms with van der Waals surface area (Å²) < 4.78 is 16.0. The van der Waals surface area contributed by atoms with Gasteiger partial charge in [-0.1, -0.05) is 6.92 Å². The highest BCUT2D eigenvalue weighted by Gasteiger charge is 2.13. The average molecular weight is 290 g/mol. The zero-order valence-corrected chi connectivity index (χ0v) is 13.0. The van der Waals surface area contributed by atoms with E-state index in [9.17, 15) is 0 Å². The average Bonchev–Trinajstić information content (AvgIpc) is 2.51. The molecule has 114 valence electrons. The third-order valence-electron chi connectivity index (χ3n) is 3.21. The summed E-state index contributed by atoms with van der Waals surface area (Å²) in [4.78, 5) is 4.63. The van der Waals surface area contributed by atoms with Crippen molar-refractivity contribution in [2.24, 2.45) is 0 Å². The number of aromatic nitrogens is 1. The van der Waals surface area contributed by atoms with Gasteiger partial charge in [0.15, 0.2) is 0 Å². The number of pyridine rings is 1. The van der Waals surface area contributed by atoms with E-state index in [0.29, 0.717) is 6.61 Å². The summed E-state index contributed by atoms with van der Waals surface area (Å²) in [5.41, 5.74) is 2.71. The Hall–Kier alpha value is -2.01. The van der Waals surface area contributed by atoms with Gasteiger partial charge in [0.1, 0.15) is 11.5 Å². The normalized spacial score (nSPS) is 10.7. The third-order valence-corrected chi connectivity index (χ3v) is 3.21. The van der Waals surface area contributed by atoms with Gasteiger partial charge in [-0.2, -0.15) is 0 Å². The fraction of sp³-hybridized carbons (Fsp3) is 0.438. The van der Waals surface area contributed by atoms with E-state index in [1.807, 2.05) is 18.2 Å². The maximum atomic E-state index is 5.50. The number of methoxy groups -OCH3 is 3. The van der Waals surface area contributed by atoms with Crippen molar-refractivity contribution in [3.8, 4) is 11.5 Å². The number of ether oxygens (including phenoxy) is 3. The monoisotopic (exact) mass is 290 g/mol. The van der Waals surface area contributed by atoms with E-state index in [4.69, 9.17) is 14.2 Å². The molecule has 0 bridgehead atoms. The molecule has 0 aliphatic carbocycles. The number of rotatable bonds is 7. The molecule has 1 N–H and O–H groups in total. The first-order valence-electron chi connectivity index (χ1n) is 7.02. The van der Waals surface area contributed by atoms with E-state index >= 15 is 0 Å². The van der Waals surface area contributed by atoms with Crippen LogP contribution in [0.25, 0.3) is 10.9 Å². The van der Waals surface area contributed by atoms with Gasteiger partial charge in [-0.15, -0.1) is 0 Å². The molecular weight excluding hydrogens is 268 g/mol. The number of hydrogen-bond acceptors (Lipinski definition) is 5. The Bertz CT molecular complexity index is 614. The number of fused-ring (bicyclic) bond motifs is 1. The lowest BCUT2D eigenvalue weighted by Gasteiger charge is -2.15. The lowest BCUT2D eigenvalue weighted by atomic mass is 10.1. The second kappa shape index (κ2) is 7.13. The number of nitrogens with zero attached hydrogens (tertiary/aromatic N) is 1. The van der Waals surface area contributed by atoms with Crippen molar-refractivity contribution in [3.63, 3.8) is 0 Å². The fourth-order valence-electron chi connectivity index (χ4n) is 2.26. The van der Waals surface area contributed by atoms with E-state index in [1.165, 1.54) is 0 Å². The lowest BCUT2D eigenvalue weighted by Crippen LogP contribution is -2.04. The molecule has 0 atom stereocenters. The quantitative estimate of drug-likeness (QED) is 0.848. The van der Waals surface area contributed by atoms with Crippen LogP contribution < -0.4 is 14.8 Å². The number of benzene rings is 1. The standard InChI is InChI=1S/C16H22N2O3/c1-5-6-17-13-7-11(10-19-2)18-14-8-12(20-3)9-15(21-4)16(13)14/h7-9H,5-6,10H2,1-4H3,(H,17,18). The van der Waals surface area contributed by atoms with Crippen molar-refractivity contribution in [1.82, 2.24) is 4.98 Å². The predicted octanol–water partition coefficient (Wildman–Crippen LogP) is 3.22. The molecule has 0 unspecified atom stereocenters. The summed E-state index contributed by atoms with van der Waals surface area (Å²) in [5.74, 6) is 1.47. The minimum absolute atomic E-state index is 0.469. The van der Waals surface area contributed by atoms with E-state index in [0.717, 1.165) is 46.7 Å². The zero-order chi connectivity index (χ0) is 15.2. The summed E-state index contributed by atoms with van der Waals surface area (Å²) in [5, 5.41) is 4.40. The van der Waals surface area contributed by atoms with Gasteiger partial charge in [-0.05, 0) is 12.5 Å². The molecule has 2 rings (SSSR count). The van der Waals surface area contributed by atoms with Gasteiger partial charge < -0.3 is 19.5 Å². The van der Waals surface area contributed by atoms with E-state index in [2.05, 4.69) is 17.2 Å². The first-order valence-corrected chi connectivity index (χ1v) is 7.02. The Morgan fingerprint density at radius 2 is 1.90 bits per heavy atom.